The van der Waals surface area contributed by atoms with E-state index in [1.807, 2.05) is 25.1 Å². The first-order valence-corrected chi connectivity index (χ1v) is 5.32. The number of rotatable bonds is 3. The molecule has 0 saturated heterocycles. The third-order valence-corrected chi connectivity index (χ3v) is 2.34. The Labute approximate surface area is 99.3 Å². The van der Waals surface area contributed by atoms with Crippen molar-refractivity contribution in [1.82, 2.24) is 0 Å². The van der Waals surface area contributed by atoms with Crippen molar-refractivity contribution in [1.29, 1.82) is 0 Å². The van der Waals surface area contributed by atoms with Gasteiger partial charge >= 0.3 is 0 Å². The SMILES string of the molecule is Cc1cccc(Oc2cc(F)cc(CO)c2)c1. The summed E-state index contributed by atoms with van der Waals surface area (Å²) in [6.07, 6.45) is 0. The van der Waals surface area contributed by atoms with E-state index < -0.39 is 5.82 Å². The third kappa shape index (κ3) is 3.04. The van der Waals surface area contributed by atoms with E-state index in [2.05, 4.69) is 0 Å². The van der Waals surface area contributed by atoms with Crippen LogP contribution in [-0.2, 0) is 6.61 Å². The highest BCUT2D eigenvalue weighted by Crippen LogP contribution is 2.24. The molecule has 0 fully saturated rings. The molecule has 0 spiro atoms. The van der Waals surface area contributed by atoms with Crippen LogP contribution in [-0.4, -0.2) is 5.11 Å². The van der Waals surface area contributed by atoms with Gasteiger partial charge in [0.1, 0.15) is 17.3 Å². The molecule has 0 radical (unpaired) electrons. The molecule has 88 valence electrons. The Bertz CT molecular complexity index is 523. The molecule has 0 aliphatic heterocycles. The van der Waals surface area contributed by atoms with Gasteiger partial charge in [0.25, 0.3) is 0 Å². The second-order valence-corrected chi connectivity index (χ2v) is 3.87. The summed E-state index contributed by atoms with van der Waals surface area (Å²) in [6, 6.07) is 11.7. The smallest absolute Gasteiger partial charge is 0.130 e. The third-order valence-electron chi connectivity index (χ3n) is 2.34. The molecule has 0 aliphatic rings. The molecule has 0 atom stereocenters. The predicted molar refractivity (Wildman–Crippen MR) is 63.6 cm³/mol. The fraction of sp³-hybridized carbons (Fsp3) is 0.143. The highest BCUT2D eigenvalue weighted by molar-refractivity contribution is 5.35. The first kappa shape index (κ1) is 11.6. The monoisotopic (exact) mass is 232 g/mol. The van der Waals surface area contributed by atoms with Crippen molar-refractivity contribution in [3.05, 3.63) is 59.4 Å². The average molecular weight is 232 g/mol. The van der Waals surface area contributed by atoms with Crippen LogP contribution in [0.15, 0.2) is 42.5 Å². The summed E-state index contributed by atoms with van der Waals surface area (Å²) in [4.78, 5) is 0. The summed E-state index contributed by atoms with van der Waals surface area (Å²) in [5.41, 5.74) is 1.56. The molecule has 0 aliphatic carbocycles. The van der Waals surface area contributed by atoms with E-state index >= 15 is 0 Å². The van der Waals surface area contributed by atoms with Crippen molar-refractivity contribution in [3.63, 3.8) is 0 Å². The zero-order chi connectivity index (χ0) is 12.3. The summed E-state index contributed by atoms with van der Waals surface area (Å²) in [6.45, 7) is 1.75. The normalized spacial score (nSPS) is 10.3. The summed E-state index contributed by atoms with van der Waals surface area (Å²) in [5, 5.41) is 8.97. The molecule has 3 heteroatoms. The Kier molecular flexibility index (Phi) is 3.40. The number of hydrogen-bond acceptors (Lipinski definition) is 2. The van der Waals surface area contributed by atoms with E-state index in [0.717, 1.165) is 5.56 Å². The lowest BCUT2D eigenvalue weighted by Gasteiger charge is -2.07. The van der Waals surface area contributed by atoms with Gasteiger partial charge in [-0.2, -0.15) is 0 Å². The van der Waals surface area contributed by atoms with Crippen molar-refractivity contribution in [2.24, 2.45) is 0 Å². The van der Waals surface area contributed by atoms with Crippen LogP contribution in [0.3, 0.4) is 0 Å². The van der Waals surface area contributed by atoms with Crippen LogP contribution in [0.25, 0.3) is 0 Å². The average Bonchev–Trinajstić information content (AvgIpc) is 2.28. The Morgan fingerprint density at radius 2 is 1.94 bits per heavy atom. The number of aryl methyl sites for hydroxylation is 1. The molecule has 2 aromatic rings. The molecule has 0 heterocycles. The lowest BCUT2D eigenvalue weighted by Crippen LogP contribution is -1.90. The van der Waals surface area contributed by atoms with E-state index in [1.54, 1.807) is 12.1 Å². The van der Waals surface area contributed by atoms with Crippen molar-refractivity contribution in [3.8, 4) is 11.5 Å². The van der Waals surface area contributed by atoms with Crippen molar-refractivity contribution in [2.75, 3.05) is 0 Å². The highest BCUT2D eigenvalue weighted by atomic mass is 19.1. The van der Waals surface area contributed by atoms with E-state index in [-0.39, 0.29) is 6.61 Å². The number of ether oxygens (including phenoxy) is 1. The largest absolute Gasteiger partial charge is 0.457 e. The van der Waals surface area contributed by atoms with Gasteiger partial charge in [0.15, 0.2) is 0 Å². The quantitative estimate of drug-likeness (QED) is 0.878. The second-order valence-electron chi connectivity index (χ2n) is 3.87. The van der Waals surface area contributed by atoms with Gasteiger partial charge in [0, 0.05) is 6.07 Å². The summed E-state index contributed by atoms with van der Waals surface area (Å²) in [7, 11) is 0. The Balaban J connectivity index is 2.26. The van der Waals surface area contributed by atoms with Crippen molar-refractivity contribution in [2.45, 2.75) is 13.5 Å². The number of aliphatic hydroxyl groups is 1. The predicted octanol–water partition coefficient (Wildman–Crippen LogP) is 3.42. The van der Waals surface area contributed by atoms with Crippen molar-refractivity contribution >= 4 is 0 Å². The molecule has 0 unspecified atom stereocenters. The van der Waals surface area contributed by atoms with Gasteiger partial charge in [-0.3, -0.25) is 0 Å². The van der Waals surface area contributed by atoms with Gasteiger partial charge in [-0.05, 0) is 42.3 Å². The highest BCUT2D eigenvalue weighted by Gasteiger charge is 2.02. The molecule has 2 aromatic carbocycles. The zero-order valence-corrected chi connectivity index (χ0v) is 9.48. The van der Waals surface area contributed by atoms with Crippen LogP contribution in [0, 0.1) is 12.7 Å². The molecular weight excluding hydrogens is 219 g/mol. The zero-order valence-electron chi connectivity index (χ0n) is 9.48. The van der Waals surface area contributed by atoms with Crippen LogP contribution < -0.4 is 4.74 Å². The minimum Gasteiger partial charge on any atom is -0.457 e. The molecule has 2 nitrogen and oxygen atoms in total. The lowest BCUT2D eigenvalue weighted by molar-refractivity contribution is 0.280. The molecule has 2 rings (SSSR count). The minimum atomic E-state index is -0.417. The van der Waals surface area contributed by atoms with Crippen LogP contribution in [0.1, 0.15) is 11.1 Å². The molecule has 0 amide bonds. The van der Waals surface area contributed by atoms with E-state index in [0.29, 0.717) is 17.1 Å². The summed E-state index contributed by atoms with van der Waals surface area (Å²) < 4.78 is 18.7. The fourth-order valence-corrected chi connectivity index (χ4v) is 1.59. The van der Waals surface area contributed by atoms with Gasteiger partial charge in [-0.1, -0.05) is 12.1 Å². The topological polar surface area (TPSA) is 29.5 Å². The van der Waals surface area contributed by atoms with Crippen LogP contribution in [0.5, 0.6) is 11.5 Å². The molecule has 1 N–H and O–H groups in total. The Hall–Kier alpha value is -1.87. The van der Waals surface area contributed by atoms with Crippen molar-refractivity contribution < 1.29 is 14.2 Å². The van der Waals surface area contributed by atoms with Gasteiger partial charge in [-0.25, -0.2) is 4.39 Å². The minimum absolute atomic E-state index is 0.206. The van der Waals surface area contributed by atoms with Crippen LogP contribution in [0.4, 0.5) is 4.39 Å². The number of aliphatic hydroxyl groups excluding tert-OH is 1. The maximum absolute atomic E-state index is 13.2. The van der Waals surface area contributed by atoms with E-state index in [9.17, 15) is 4.39 Å². The number of benzene rings is 2. The van der Waals surface area contributed by atoms with Crippen LogP contribution in [0.2, 0.25) is 0 Å². The van der Waals surface area contributed by atoms with Gasteiger partial charge < -0.3 is 9.84 Å². The maximum atomic E-state index is 13.2. The maximum Gasteiger partial charge on any atom is 0.130 e. The van der Waals surface area contributed by atoms with Crippen LogP contribution >= 0.6 is 0 Å². The summed E-state index contributed by atoms with van der Waals surface area (Å²) >= 11 is 0. The van der Waals surface area contributed by atoms with E-state index in [4.69, 9.17) is 9.84 Å². The Morgan fingerprint density at radius 3 is 2.65 bits per heavy atom. The lowest BCUT2D eigenvalue weighted by atomic mass is 10.2. The molecule has 0 saturated carbocycles. The van der Waals surface area contributed by atoms with Gasteiger partial charge in [0.05, 0.1) is 6.61 Å². The standard InChI is InChI=1S/C14H13FO2/c1-10-3-2-4-13(5-10)17-14-7-11(9-16)6-12(15)8-14/h2-8,16H,9H2,1H3. The second kappa shape index (κ2) is 4.97. The fourth-order valence-electron chi connectivity index (χ4n) is 1.59. The van der Waals surface area contributed by atoms with E-state index in [1.165, 1.54) is 12.1 Å². The molecule has 0 aromatic heterocycles. The summed E-state index contributed by atoms with van der Waals surface area (Å²) in [5.74, 6) is 0.623. The molecule has 17 heavy (non-hydrogen) atoms. The molecular formula is C14H13FO2. The number of halogens is 1. The first-order chi connectivity index (χ1) is 8.17. The van der Waals surface area contributed by atoms with Gasteiger partial charge in [0.2, 0.25) is 0 Å². The first-order valence-electron chi connectivity index (χ1n) is 5.32. The molecule has 0 bridgehead atoms. The Morgan fingerprint density at radius 1 is 1.12 bits per heavy atom. The number of hydrogen-bond donors (Lipinski definition) is 1. The van der Waals surface area contributed by atoms with Gasteiger partial charge in [-0.15, -0.1) is 0 Å².